The minimum absolute atomic E-state index is 0.0836. The molecular weight excluding hydrogens is 290 g/mol. The first-order valence-electron chi connectivity index (χ1n) is 7.52. The van der Waals surface area contributed by atoms with Crippen molar-refractivity contribution in [3.63, 3.8) is 0 Å². The highest BCUT2D eigenvalue weighted by molar-refractivity contribution is 7.99. The fourth-order valence-electron chi connectivity index (χ4n) is 3.39. The second-order valence-corrected chi connectivity index (χ2v) is 7.87. The molecule has 2 aliphatic heterocycles. The zero-order valence-electron chi connectivity index (χ0n) is 12.0. The van der Waals surface area contributed by atoms with Crippen LogP contribution in [-0.4, -0.2) is 33.3 Å². The van der Waals surface area contributed by atoms with Gasteiger partial charge in [-0.1, -0.05) is 11.4 Å². The summed E-state index contributed by atoms with van der Waals surface area (Å²) in [6.07, 6.45) is 5.46. The summed E-state index contributed by atoms with van der Waals surface area (Å²) in [6.45, 7) is 2.98. The highest BCUT2D eigenvalue weighted by atomic mass is 32.2. The lowest BCUT2D eigenvalue weighted by atomic mass is 9.78. The van der Waals surface area contributed by atoms with E-state index in [1.165, 1.54) is 40.8 Å². The number of aromatic nitrogens is 2. The van der Waals surface area contributed by atoms with E-state index in [2.05, 4.69) is 16.5 Å². The van der Waals surface area contributed by atoms with E-state index in [0.717, 1.165) is 31.6 Å². The van der Waals surface area contributed by atoms with Gasteiger partial charge < -0.3 is 10.5 Å². The molecule has 1 aromatic rings. The fraction of sp³-hybridized carbons (Fsp3) is 0.857. The Labute approximate surface area is 129 Å². The Bertz CT molecular complexity index is 440. The van der Waals surface area contributed by atoms with Gasteiger partial charge in [-0.25, -0.2) is 0 Å². The summed E-state index contributed by atoms with van der Waals surface area (Å²) in [7, 11) is 0. The molecule has 2 unspecified atom stereocenters. The Morgan fingerprint density at radius 1 is 1.45 bits per heavy atom. The van der Waals surface area contributed by atoms with Gasteiger partial charge in [0.15, 0.2) is 0 Å². The van der Waals surface area contributed by atoms with Crippen LogP contribution in [0.15, 0.2) is 0 Å². The molecule has 112 valence electrons. The summed E-state index contributed by atoms with van der Waals surface area (Å²) in [5.74, 6) is 2.97. The molecule has 0 amide bonds. The monoisotopic (exact) mass is 313 g/mol. The Kier molecular flexibility index (Phi) is 4.65. The van der Waals surface area contributed by atoms with Crippen LogP contribution in [0.4, 0.5) is 0 Å². The molecule has 0 radical (unpaired) electrons. The SMILES string of the molecule is CCc1nnsc1C(N)C1CCOC2(CCSCC2)C1. The van der Waals surface area contributed by atoms with Crippen molar-refractivity contribution in [3.05, 3.63) is 10.6 Å². The Hall–Kier alpha value is -0.170. The Morgan fingerprint density at radius 2 is 2.25 bits per heavy atom. The lowest BCUT2D eigenvalue weighted by Crippen LogP contribution is -2.45. The number of nitrogens with zero attached hydrogens (tertiary/aromatic N) is 2. The van der Waals surface area contributed by atoms with Crippen molar-refractivity contribution < 1.29 is 4.74 Å². The van der Waals surface area contributed by atoms with E-state index in [-0.39, 0.29) is 11.6 Å². The van der Waals surface area contributed by atoms with Gasteiger partial charge in [-0.05, 0) is 61.1 Å². The van der Waals surface area contributed by atoms with Crippen LogP contribution in [0.3, 0.4) is 0 Å². The van der Waals surface area contributed by atoms with Gasteiger partial charge in [0.05, 0.1) is 16.2 Å². The second-order valence-electron chi connectivity index (χ2n) is 5.86. The highest BCUT2D eigenvalue weighted by Gasteiger charge is 2.41. The summed E-state index contributed by atoms with van der Waals surface area (Å²) < 4.78 is 10.3. The minimum Gasteiger partial charge on any atom is -0.375 e. The van der Waals surface area contributed by atoms with E-state index in [4.69, 9.17) is 10.5 Å². The molecule has 6 heteroatoms. The molecule has 4 nitrogen and oxygen atoms in total. The van der Waals surface area contributed by atoms with Gasteiger partial charge in [0.2, 0.25) is 0 Å². The second kappa shape index (κ2) is 6.30. The third-order valence-electron chi connectivity index (χ3n) is 4.67. The van der Waals surface area contributed by atoms with E-state index in [0.29, 0.717) is 5.92 Å². The van der Waals surface area contributed by atoms with E-state index >= 15 is 0 Å². The average molecular weight is 313 g/mol. The first-order valence-corrected chi connectivity index (χ1v) is 9.45. The Balaban J connectivity index is 1.73. The zero-order valence-corrected chi connectivity index (χ0v) is 13.6. The maximum Gasteiger partial charge on any atom is 0.0801 e. The van der Waals surface area contributed by atoms with Crippen LogP contribution in [0.25, 0.3) is 0 Å². The van der Waals surface area contributed by atoms with E-state index in [9.17, 15) is 0 Å². The van der Waals surface area contributed by atoms with Crippen molar-refractivity contribution >= 4 is 23.3 Å². The Morgan fingerprint density at radius 3 is 3.00 bits per heavy atom. The van der Waals surface area contributed by atoms with Crippen LogP contribution in [0.2, 0.25) is 0 Å². The molecule has 0 aliphatic carbocycles. The van der Waals surface area contributed by atoms with Crippen LogP contribution in [-0.2, 0) is 11.2 Å². The van der Waals surface area contributed by atoms with Crippen molar-refractivity contribution in [2.24, 2.45) is 11.7 Å². The number of hydrogen-bond donors (Lipinski definition) is 1. The standard InChI is InChI=1S/C14H23N3OS2/c1-2-11-13(20-17-16-11)12(15)10-3-6-18-14(9-10)4-7-19-8-5-14/h10,12H,2-9,15H2,1H3. The molecule has 20 heavy (non-hydrogen) atoms. The number of hydrogen-bond acceptors (Lipinski definition) is 6. The van der Waals surface area contributed by atoms with Gasteiger partial charge in [-0.15, -0.1) is 5.10 Å². The van der Waals surface area contributed by atoms with Gasteiger partial charge in [-0.2, -0.15) is 11.8 Å². The van der Waals surface area contributed by atoms with Crippen LogP contribution in [0.1, 0.15) is 49.2 Å². The molecule has 2 aliphatic rings. The molecule has 0 saturated carbocycles. The molecule has 2 N–H and O–H groups in total. The average Bonchev–Trinajstić information content (AvgIpc) is 2.96. The summed E-state index contributed by atoms with van der Waals surface area (Å²) in [4.78, 5) is 1.19. The number of nitrogens with two attached hydrogens (primary N) is 1. The van der Waals surface area contributed by atoms with Crippen molar-refractivity contribution in [1.29, 1.82) is 0 Å². The lowest BCUT2D eigenvalue weighted by molar-refractivity contribution is -0.105. The summed E-state index contributed by atoms with van der Waals surface area (Å²) in [5.41, 5.74) is 7.74. The molecule has 2 atom stereocenters. The molecule has 0 aromatic carbocycles. The van der Waals surface area contributed by atoms with Gasteiger partial charge in [0.1, 0.15) is 0 Å². The van der Waals surface area contributed by atoms with Gasteiger partial charge in [0.25, 0.3) is 0 Å². The first-order chi connectivity index (χ1) is 9.74. The number of rotatable bonds is 3. The van der Waals surface area contributed by atoms with Gasteiger partial charge in [0, 0.05) is 12.6 Å². The predicted octanol–water partition coefficient (Wildman–Crippen LogP) is 2.79. The third-order valence-corrected chi connectivity index (χ3v) is 6.52. The van der Waals surface area contributed by atoms with Crippen LogP contribution >= 0.6 is 23.3 Å². The summed E-state index contributed by atoms with van der Waals surface area (Å²) in [6, 6.07) is 0.0836. The largest absolute Gasteiger partial charge is 0.375 e. The predicted molar refractivity (Wildman–Crippen MR) is 84.2 cm³/mol. The van der Waals surface area contributed by atoms with Crippen molar-refractivity contribution in [3.8, 4) is 0 Å². The molecule has 3 rings (SSSR count). The number of ether oxygens (including phenoxy) is 1. The molecule has 2 fully saturated rings. The molecule has 0 bridgehead atoms. The maximum atomic E-state index is 6.55. The normalized spacial score (nSPS) is 27.6. The van der Waals surface area contributed by atoms with Crippen molar-refractivity contribution in [2.45, 2.75) is 50.7 Å². The molecule has 3 heterocycles. The third kappa shape index (κ3) is 2.89. The zero-order chi connectivity index (χ0) is 14.0. The van der Waals surface area contributed by atoms with E-state index in [1.54, 1.807) is 0 Å². The molecule has 2 saturated heterocycles. The fourth-order valence-corrected chi connectivity index (χ4v) is 5.46. The summed E-state index contributed by atoms with van der Waals surface area (Å²) >= 11 is 3.53. The van der Waals surface area contributed by atoms with Crippen LogP contribution in [0.5, 0.6) is 0 Å². The van der Waals surface area contributed by atoms with E-state index < -0.39 is 0 Å². The molecule has 1 spiro atoms. The topological polar surface area (TPSA) is 61.0 Å². The van der Waals surface area contributed by atoms with Gasteiger partial charge in [-0.3, -0.25) is 0 Å². The van der Waals surface area contributed by atoms with Gasteiger partial charge >= 0.3 is 0 Å². The highest BCUT2D eigenvalue weighted by Crippen LogP contribution is 2.43. The summed E-state index contributed by atoms with van der Waals surface area (Å²) in [5, 5.41) is 4.21. The minimum atomic E-state index is 0.0836. The van der Waals surface area contributed by atoms with Crippen LogP contribution in [0, 0.1) is 5.92 Å². The number of thioether (sulfide) groups is 1. The van der Waals surface area contributed by atoms with E-state index in [1.807, 2.05) is 11.8 Å². The van der Waals surface area contributed by atoms with Crippen molar-refractivity contribution in [1.82, 2.24) is 9.59 Å². The van der Waals surface area contributed by atoms with Crippen LogP contribution < -0.4 is 5.73 Å². The first kappa shape index (κ1) is 14.8. The maximum absolute atomic E-state index is 6.55. The smallest absolute Gasteiger partial charge is 0.0801 e. The lowest BCUT2D eigenvalue weighted by Gasteiger charge is -2.44. The molecule has 1 aromatic heterocycles. The quantitative estimate of drug-likeness (QED) is 0.930. The molecular formula is C14H23N3OS2. The number of aryl methyl sites for hydroxylation is 1. The van der Waals surface area contributed by atoms with Crippen molar-refractivity contribution in [2.75, 3.05) is 18.1 Å².